The lowest BCUT2D eigenvalue weighted by molar-refractivity contribution is 0.585. The summed E-state index contributed by atoms with van der Waals surface area (Å²) in [4.78, 5) is 3.75. The molecule has 0 aliphatic heterocycles. The SMILES string of the molecule is Cc1ccc(Nc2cccc(F)n2)c(C)c1. The Balaban J connectivity index is 2.27. The third kappa shape index (κ3) is 2.37. The zero-order valence-corrected chi connectivity index (χ0v) is 9.29. The summed E-state index contributed by atoms with van der Waals surface area (Å²) in [6, 6.07) is 10.7. The molecule has 0 saturated heterocycles. The molecule has 0 unspecified atom stereocenters. The number of rotatable bonds is 2. The van der Waals surface area contributed by atoms with Gasteiger partial charge in [0.15, 0.2) is 0 Å². The highest BCUT2D eigenvalue weighted by Gasteiger charge is 2.00. The van der Waals surface area contributed by atoms with Crippen molar-refractivity contribution in [2.24, 2.45) is 0 Å². The summed E-state index contributed by atoms with van der Waals surface area (Å²) in [6.45, 7) is 4.05. The molecule has 0 fully saturated rings. The molecule has 16 heavy (non-hydrogen) atoms. The lowest BCUT2D eigenvalue weighted by Gasteiger charge is -2.09. The molecule has 0 atom stereocenters. The monoisotopic (exact) mass is 216 g/mol. The van der Waals surface area contributed by atoms with Gasteiger partial charge in [0.05, 0.1) is 0 Å². The number of pyridine rings is 1. The van der Waals surface area contributed by atoms with E-state index >= 15 is 0 Å². The van der Waals surface area contributed by atoms with Crippen molar-refractivity contribution in [3.63, 3.8) is 0 Å². The third-order valence-corrected chi connectivity index (χ3v) is 2.36. The van der Waals surface area contributed by atoms with Gasteiger partial charge in [-0.3, -0.25) is 0 Å². The zero-order chi connectivity index (χ0) is 11.5. The largest absolute Gasteiger partial charge is 0.340 e. The van der Waals surface area contributed by atoms with Crippen molar-refractivity contribution >= 4 is 11.5 Å². The second-order valence-corrected chi connectivity index (χ2v) is 3.79. The second-order valence-electron chi connectivity index (χ2n) is 3.79. The average Bonchev–Trinajstić information content (AvgIpc) is 2.22. The van der Waals surface area contributed by atoms with E-state index in [0.717, 1.165) is 11.3 Å². The van der Waals surface area contributed by atoms with Crippen LogP contribution in [-0.2, 0) is 0 Å². The van der Waals surface area contributed by atoms with Crippen molar-refractivity contribution in [1.29, 1.82) is 0 Å². The highest BCUT2D eigenvalue weighted by atomic mass is 19.1. The first kappa shape index (κ1) is 10.6. The molecular weight excluding hydrogens is 203 g/mol. The quantitative estimate of drug-likeness (QED) is 0.776. The predicted molar refractivity (Wildman–Crippen MR) is 63.4 cm³/mol. The van der Waals surface area contributed by atoms with Crippen molar-refractivity contribution in [2.75, 3.05) is 5.32 Å². The van der Waals surface area contributed by atoms with Crippen LogP contribution in [0.4, 0.5) is 15.9 Å². The van der Waals surface area contributed by atoms with Gasteiger partial charge in [-0.2, -0.15) is 4.39 Å². The van der Waals surface area contributed by atoms with E-state index in [-0.39, 0.29) is 0 Å². The Kier molecular flexibility index (Phi) is 2.86. The van der Waals surface area contributed by atoms with Gasteiger partial charge < -0.3 is 5.32 Å². The second kappa shape index (κ2) is 4.31. The molecule has 0 aliphatic carbocycles. The molecule has 1 N–H and O–H groups in total. The molecule has 0 amide bonds. The molecule has 1 aromatic carbocycles. The molecule has 0 saturated carbocycles. The van der Waals surface area contributed by atoms with Gasteiger partial charge >= 0.3 is 0 Å². The van der Waals surface area contributed by atoms with Crippen LogP contribution in [0.15, 0.2) is 36.4 Å². The summed E-state index contributed by atoms with van der Waals surface area (Å²) in [7, 11) is 0. The van der Waals surface area contributed by atoms with E-state index in [2.05, 4.69) is 16.4 Å². The van der Waals surface area contributed by atoms with Crippen molar-refractivity contribution in [2.45, 2.75) is 13.8 Å². The number of anilines is 2. The van der Waals surface area contributed by atoms with E-state index in [1.807, 2.05) is 26.0 Å². The fraction of sp³-hybridized carbons (Fsp3) is 0.154. The lowest BCUT2D eigenvalue weighted by atomic mass is 10.1. The predicted octanol–water partition coefficient (Wildman–Crippen LogP) is 3.58. The molecule has 0 radical (unpaired) electrons. The van der Waals surface area contributed by atoms with E-state index in [9.17, 15) is 4.39 Å². The summed E-state index contributed by atoms with van der Waals surface area (Å²) in [6.07, 6.45) is 0. The first-order valence-corrected chi connectivity index (χ1v) is 5.12. The maximum atomic E-state index is 12.9. The Bertz CT molecular complexity index is 509. The smallest absolute Gasteiger partial charge is 0.214 e. The van der Waals surface area contributed by atoms with Crippen LogP contribution < -0.4 is 5.32 Å². The number of hydrogen-bond donors (Lipinski definition) is 1. The molecule has 0 bridgehead atoms. The molecule has 2 nitrogen and oxygen atoms in total. The molecule has 2 rings (SSSR count). The number of hydrogen-bond acceptors (Lipinski definition) is 2. The van der Waals surface area contributed by atoms with Gasteiger partial charge in [0.1, 0.15) is 5.82 Å². The van der Waals surface area contributed by atoms with Gasteiger partial charge in [0.2, 0.25) is 5.95 Å². The average molecular weight is 216 g/mol. The van der Waals surface area contributed by atoms with Crippen LogP contribution in [0.1, 0.15) is 11.1 Å². The fourth-order valence-corrected chi connectivity index (χ4v) is 1.57. The number of aromatic nitrogens is 1. The molecule has 3 heteroatoms. The third-order valence-electron chi connectivity index (χ3n) is 2.36. The van der Waals surface area contributed by atoms with Gasteiger partial charge in [0, 0.05) is 5.69 Å². The van der Waals surface area contributed by atoms with Gasteiger partial charge in [-0.25, -0.2) is 4.98 Å². The molecule has 1 aromatic heterocycles. The highest BCUT2D eigenvalue weighted by Crippen LogP contribution is 2.20. The summed E-state index contributed by atoms with van der Waals surface area (Å²) in [5, 5.41) is 3.09. The topological polar surface area (TPSA) is 24.9 Å². The summed E-state index contributed by atoms with van der Waals surface area (Å²) in [5.74, 6) is 0.0433. The zero-order valence-electron chi connectivity index (χ0n) is 9.29. The van der Waals surface area contributed by atoms with Gasteiger partial charge in [-0.1, -0.05) is 23.8 Å². The Morgan fingerprint density at radius 2 is 1.94 bits per heavy atom. The molecule has 82 valence electrons. The Morgan fingerprint density at radius 1 is 1.12 bits per heavy atom. The fourth-order valence-electron chi connectivity index (χ4n) is 1.57. The Labute approximate surface area is 94.2 Å². The van der Waals surface area contributed by atoms with Crippen molar-refractivity contribution in [1.82, 2.24) is 4.98 Å². The van der Waals surface area contributed by atoms with Crippen LogP contribution in [0.25, 0.3) is 0 Å². The van der Waals surface area contributed by atoms with Crippen LogP contribution in [0.3, 0.4) is 0 Å². The lowest BCUT2D eigenvalue weighted by Crippen LogP contribution is -1.97. The van der Waals surface area contributed by atoms with E-state index in [4.69, 9.17) is 0 Å². The minimum absolute atomic E-state index is 0.477. The summed E-state index contributed by atoms with van der Waals surface area (Å²) < 4.78 is 12.9. The first-order chi connectivity index (χ1) is 7.65. The van der Waals surface area contributed by atoms with Crippen molar-refractivity contribution in [3.05, 3.63) is 53.5 Å². The van der Waals surface area contributed by atoms with Gasteiger partial charge in [0.25, 0.3) is 0 Å². The molecule has 0 aliphatic rings. The first-order valence-electron chi connectivity index (χ1n) is 5.12. The molecule has 0 spiro atoms. The van der Waals surface area contributed by atoms with Crippen molar-refractivity contribution in [3.8, 4) is 0 Å². The number of nitrogens with zero attached hydrogens (tertiary/aromatic N) is 1. The van der Waals surface area contributed by atoms with E-state index < -0.39 is 5.95 Å². The van der Waals surface area contributed by atoms with Crippen LogP contribution in [0.5, 0.6) is 0 Å². The number of aryl methyl sites for hydroxylation is 2. The van der Waals surface area contributed by atoms with Gasteiger partial charge in [-0.15, -0.1) is 0 Å². The van der Waals surface area contributed by atoms with Crippen molar-refractivity contribution < 1.29 is 4.39 Å². The van der Waals surface area contributed by atoms with Gasteiger partial charge in [-0.05, 0) is 37.6 Å². The number of benzene rings is 1. The molecule has 2 aromatic rings. The maximum absolute atomic E-state index is 12.9. The van der Waals surface area contributed by atoms with Crippen LogP contribution in [0, 0.1) is 19.8 Å². The number of halogens is 1. The highest BCUT2D eigenvalue weighted by molar-refractivity contribution is 5.60. The van der Waals surface area contributed by atoms with E-state index in [1.165, 1.54) is 11.6 Å². The Hall–Kier alpha value is -1.90. The minimum Gasteiger partial charge on any atom is -0.340 e. The minimum atomic E-state index is -0.477. The number of nitrogens with one attached hydrogen (secondary N) is 1. The van der Waals surface area contributed by atoms with Crippen LogP contribution in [-0.4, -0.2) is 4.98 Å². The summed E-state index contributed by atoms with van der Waals surface area (Å²) in [5.41, 5.74) is 3.27. The molecule has 1 heterocycles. The van der Waals surface area contributed by atoms with Crippen LogP contribution in [0.2, 0.25) is 0 Å². The van der Waals surface area contributed by atoms with E-state index in [1.54, 1.807) is 12.1 Å². The molecular formula is C13H13FN2. The Morgan fingerprint density at radius 3 is 2.62 bits per heavy atom. The van der Waals surface area contributed by atoms with E-state index in [0.29, 0.717) is 5.82 Å². The van der Waals surface area contributed by atoms with Crippen LogP contribution >= 0.6 is 0 Å². The standard InChI is InChI=1S/C13H13FN2/c1-9-6-7-11(10(2)8-9)15-13-5-3-4-12(14)16-13/h3-8H,1-2H3,(H,15,16). The maximum Gasteiger partial charge on any atom is 0.214 e. The normalized spacial score (nSPS) is 10.2. The summed E-state index contributed by atoms with van der Waals surface area (Å²) >= 11 is 0.